The fourth-order valence-corrected chi connectivity index (χ4v) is 2.77. The van der Waals surface area contributed by atoms with Crippen LogP contribution < -0.4 is 5.73 Å². The molecule has 4 nitrogen and oxygen atoms in total. The van der Waals surface area contributed by atoms with Gasteiger partial charge in [0.2, 0.25) is 5.95 Å². The van der Waals surface area contributed by atoms with Gasteiger partial charge in [-0.25, -0.2) is 5.10 Å². The molecule has 2 aromatic heterocycles. The van der Waals surface area contributed by atoms with E-state index >= 15 is 0 Å². The molecule has 0 saturated heterocycles. The van der Waals surface area contributed by atoms with Crippen LogP contribution in [0.15, 0.2) is 12.1 Å². The van der Waals surface area contributed by atoms with Gasteiger partial charge in [0.05, 0.1) is 10.4 Å². The first-order valence-corrected chi connectivity index (χ1v) is 5.87. The number of thiophene rings is 1. The maximum Gasteiger partial charge on any atom is 0.221 e. The third-order valence-electron chi connectivity index (χ3n) is 2.12. The summed E-state index contributed by atoms with van der Waals surface area (Å²) in [5.74, 6) is 0.386. The minimum Gasteiger partial charge on any atom is -0.368 e. The number of rotatable bonds is 2. The maximum absolute atomic E-state index is 5.87. The molecule has 7 heteroatoms. The molecule has 0 aromatic carbocycles. The van der Waals surface area contributed by atoms with Crippen molar-refractivity contribution < 1.29 is 0 Å². The summed E-state index contributed by atoms with van der Waals surface area (Å²) in [7, 11) is 0. The molecule has 0 amide bonds. The molecular weight excluding hydrogens is 252 g/mol. The number of nitrogens with two attached hydrogens (primary N) is 1. The molecule has 0 aliphatic heterocycles. The monoisotopic (exact) mass is 260 g/mol. The number of hydrogen-bond donors (Lipinski definition) is 2. The van der Waals surface area contributed by atoms with Crippen LogP contribution in [0.2, 0.25) is 4.34 Å². The zero-order valence-electron chi connectivity index (χ0n) is 7.90. The Balaban J connectivity index is 2.44. The van der Waals surface area contributed by atoms with Crippen LogP contribution in [-0.2, 0) is 0 Å². The van der Waals surface area contributed by atoms with Crippen LogP contribution in [-0.4, -0.2) is 14.8 Å². The van der Waals surface area contributed by atoms with Crippen molar-refractivity contribution in [2.75, 3.05) is 5.73 Å². The Hall–Kier alpha value is -0.850. The van der Waals surface area contributed by atoms with Crippen molar-refractivity contribution in [2.24, 2.45) is 0 Å². The van der Waals surface area contributed by atoms with Gasteiger partial charge in [-0.2, -0.15) is 0 Å². The number of nitrogens with zero attached hydrogens (tertiary/aromatic N) is 2. The topological polar surface area (TPSA) is 59.6 Å². The Kier molecular flexibility index (Phi) is 2.81. The normalized spacial score (nSPS) is 12.9. The van der Waals surface area contributed by atoms with Gasteiger partial charge in [0.25, 0.3) is 0 Å². The lowest BCUT2D eigenvalue weighted by Crippen LogP contribution is -2.09. The number of aromatic nitrogens is 3. The third-order valence-corrected chi connectivity index (χ3v) is 3.81. The van der Waals surface area contributed by atoms with Crippen LogP contribution in [0.3, 0.4) is 0 Å². The van der Waals surface area contributed by atoms with Gasteiger partial charge in [0.15, 0.2) is 4.77 Å². The lowest BCUT2D eigenvalue weighted by atomic mass is 10.3. The van der Waals surface area contributed by atoms with Crippen molar-refractivity contribution in [3.63, 3.8) is 0 Å². The molecule has 2 rings (SSSR count). The molecule has 0 saturated carbocycles. The largest absolute Gasteiger partial charge is 0.368 e. The van der Waals surface area contributed by atoms with Crippen LogP contribution in [0.5, 0.6) is 0 Å². The summed E-state index contributed by atoms with van der Waals surface area (Å²) in [5.41, 5.74) is 5.71. The molecular formula is C8H9ClN4S2. The molecule has 2 heterocycles. The van der Waals surface area contributed by atoms with Gasteiger partial charge < -0.3 is 5.73 Å². The van der Waals surface area contributed by atoms with Crippen LogP contribution in [0.4, 0.5) is 5.95 Å². The second-order valence-corrected chi connectivity index (χ2v) is 5.21. The second-order valence-electron chi connectivity index (χ2n) is 3.07. The van der Waals surface area contributed by atoms with E-state index in [-0.39, 0.29) is 6.04 Å². The highest BCUT2D eigenvalue weighted by molar-refractivity contribution is 7.71. The van der Waals surface area contributed by atoms with E-state index in [9.17, 15) is 0 Å². The maximum atomic E-state index is 5.87. The number of hydrogen-bond acceptors (Lipinski definition) is 4. The first kappa shape index (κ1) is 10.7. The highest BCUT2D eigenvalue weighted by atomic mass is 35.5. The predicted molar refractivity (Wildman–Crippen MR) is 65.0 cm³/mol. The number of H-pyrrole nitrogens is 1. The second kappa shape index (κ2) is 3.96. The summed E-state index contributed by atoms with van der Waals surface area (Å²) in [5, 5.41) is 6.52. The molecule has 1 atom stereocenters. The molecule has 0 fully saturated rings. The Morgan fingerprint density at radius 1 is 1.67 bits per heavy atom. The van der Waals surface area contributed by atoms with E-state index in [4.69, 9.17) is 29.6 Å². The average Bonchev–Trinajstić information content (AvgIpc) is 2.73. The number of nitrogens with one attached hydrogen (secondary N) is 1. The van der Waals surface area contributed by atoms with Gasteiger partial charge in [0.1, 0.15) is 0 Å². The fourth-order valence-electron chi connectivity index (χ4n) is 1.37. The Labute approximate surface area is 101 Å². The first-order chi connectivity index (χ1) is 7.09. The number of nitrogen functional groups attached to an aromatic ring is 1. The van der Waals surface area contributed by atoms with Crippen LogP contribution in [0.25, 0.3) is 0 Å². The van der Waals surface area contributed by atoms with Crippen molar-refractivity contribution >= 4 is 41.1 Å². The molecule has 0 bridgehead atoms. The summed E-state index contributed by atoms with van der Waals surface area (Å²) in [6.07, 6.45) is 0. The summed E-state index contributed by atoms with van der Waals surface area (Å²) in [6.45, 7) is 2.00. The number of aromatic amines is 1. The average molecular weight is 261 g/mol. The lowest BCUT2D eigenvalue weighted by Gasteiger charge is -2.11. The molecule has 15 heavy (non-hydrogen) atoms. The summed E-state index contributed by atoms with van der Waals surface area (Å²) >= 11 is 12.5. The minimum atomic E-state index is 0.0498. The Morgan fingerprint density at radius 3 is 2.87 bits per heavy atom. The highest BCUT2D eigenvalue weighted by Gasteiger charge is 2.14. The van der Waals surface area contributed by atoms with Gasteiger partial charge in [0, 0.05) is 4.88 Å². The summed E-state index contributed by atoms with van der Waals surface area (Å²) in [4.78, 5) is 1.10. The standard InChI is InChI=1S/C8H9ClN4S2/c1-4(5-2-3-6(9)15-5)13-7(10)11-12-8(13)14/h2-4H,1H3,(H2,10,11)(H,12,14). The van der Waals surface area contributed by atoms with Crippen molar-refractivity contribution in [3.8, 4) is 0 Å². The van der Waals surface area contributed by atoms with Gasteiger partial charge in [-0.05, 0) is 31.3 Å². The molecule has 0 aliphatic carbocycles. The van der Waals surface area contributed by atoms with Gasteiger partial charge in [-0.1, -0.05) is 11.6 Å². The molecule has 3 N–H and O–H groups in total. The molecule has 0 aliphatic rings. The van der Waals surface area contributed by atoms with Gasteiger partial charge in [-0.3, -0.25) is 4.57 Å². The molecule has 0 radical (unpaired) electrons. The molecule has 2 aromatic rings. The number of anilines is 1. The van der Waals surface area contributed by atoms with Gasteiger partial charge in [-0.15, -0.1) is 16.4 Å². The third kappa shape index (κ3) is 1.92. The molecule has 80 valence electrons. The van der Waals surface area contributed by atoms with E-state index in [0.29, 0.717) is 10.7 Å². The zero-order chi connectivity index (χ0) is 11.0. The van der Waals surface area contributed by atoms with Crippen molar-refractivity contribution in [1.29, 1.82) is 0 Å². The summed E-state index contributed by atoms with van der Waals surface area (Å²) in [6, 6.07) is 3.87. The SMILES string of the molecule is CC(c1ccc(Cl)s1)n1c(N)n[nH]c1=S. The van der Waals surface area contributed by atoms with Gasteiger partial charge >= 0.3 is 0 Å². The Morgan fingerprint density at radius 2 is 2.40 bits per heavy atom. The zero-order valence-corrected chi connectivity index (χ0v) is 10.3. The fraction of sp³-hybridized carbons (Fsp3) is 0.250. The van der Waals surface area contributed by atoms with E-state index in [1.54, 1.807) is 4.57 Å². The van der Waals surface area contributed by atoms with Crippen LogP contribution in [0.1, 0.15) is 17.8 Å². The van der Waals surface area contributed by atoms with Crippen molar-refractivity contribution in [2.45, 2.75) is 13.0 Å². The van der Waals surface area contributed by atoms with E-state index in [2.05, 4.69) is 10.2 Å². The van der Waals surface area contributed by atoms with Crippen molar-refractivity contribution in [1.82, 2.24) is 14.8 Å². The molecule has 0 spiro atoms. The van der Waals surface area contributed by atoms with Crippen LogP contribution in [0, 0.1) is 4.77 Å². The quantitative estimate of drug-likeness (QED) is 0.817. The minimum absolute atomic E-state index is 0.0498. The van der Waals surface area contributed by atoms with E-state index < -0.39 is 0 Å². The highest BCUT2D eigenvalue weighted by Crippen LogP contribution is 2.29. The van der Waals surface area contributed by atoms with E-state index in [1.807, 2.05) is 19.1 Å². The smallest absolute Gasteiger partial charge is 0.221 e. The van der Waals surface area contributed by atoms with Crippen LogP contribution >= 0.6 is 35.2 Å². The lowest BCUT2D eigenvalue weighted by molar-refractivity contribution is 0.648. The van der Waals surface area contributed by atoms with E-state index in [1.165, 1.54) is 11.3 Å². The summed E-state index contributed by atoms with van der Waals surface area (Å²) < 4.78 is 3.03. The van der Waals surface area contributed by atoms with Crippen molar-refractivity contribution in [3.05, 3.63) is 26.1 Å². The predicted octanol–water partition coefficient (Wildman–Crippen LogP) is 2.85. The molecule has 1 unspecified atom stereocenters. The first-order valence-electron chi connectivity index (χ1n) is 4.27. The van der Waals surface area contributed by atoms with E-state index in [0.717, 1.165) is 9.21 Å². The number of halogens is 1. The Bertz CT molecular complexity index is 527.